The van der Waals surface area contributed by atoms with E-state index >= 15 is 0 Å². The Labute approximate surface area is 172 Å². The predicted molar refractivity (Wildman–Crippen MR) is 111 cm³/mol. The molecule has 1 aliphatic heterocycles. The van der Waals surface area contributed by atoms with E-state index in [1.165, 1.54) is 11.3 Å². The van der Waals surface area contributed by atoms with E-state index in [-0.39, 0.29) is 11.8 Å². The third kappa shape index (κ3) is 4.62. The van der Waals surface area contributed by atoms with Crippen LogP contribution in [0.2, 0.25) is 0 Å². The van der Waals surface area contributed by atoms with Gasteiger partial charge in [-0.2, -0.15) is 0 Å². The maximum Gasteiger partial charge on any atom is 0.264 e. The highest BCUT2D eigenvalue weighted by molar-refractivity contribution is 7.12. The van der Waals surface area contributed by atoms with Gasteiger partial charge in [0.25, 0.3) is 11.8 Å². The van der Waals surface area contributed by atoms with Gasteiger partial charge < -0.3 is 20.1 Å². The second-order valence-electron chi connectivity index (χ2n) is 6.74. The second-order valence-corrected chi connectivity index (χ2v) is 7.69. The molecule has 0 atom stereocenters. The molecule has 1 fully saturated rings. The number of carbonyl (C=O) groups excluding carboxylic acids is 2. The number of hydrogen-bond donors (Lipinski definition) is 2. The first-order valence-corrected chi connectivity index (χ1v) is 10.4. The normalized spacial score (nSPS) is 14.1. The molecule has 150 valence electrons. The van der Waals surface area contributed by atoms with Gasteiger partial charge in [-0.25, -0.2) is 9.97 Å². The molecular weight excluding hydrogens is 388 g/mol. The number of nitrogens with zero attached hydrogens (tertiary/aromatic N) is 4. The summed E-state index contributed by atoms with van der Waals surface area (Å²) in [5.41, 5.74) is 1.51. The Hall–Kier alpha value is -3.20. The highest BCUT2D eigenvalue weighted by Gasteiger charge is 2.23. The van der Waals surface area contributed by atoms with Crippen molar-refractivity contribution in [3.05, 3.63) is 64.5 Å². The van der Waals surface area contributed by atoms with E-state index in [9.17, 15) is 9.59 Å². The zero-order chi connectivity index (χ0) is 20.1. The standard InChI is InChI=1S/C20H22N6O2S/c27-19(22-6-5-16-13-21-14-24-16)15-3-4-18(23-12-15)25-7-9-26(10-8-25)20(28)17-2-1-11-29-17/h1-4,11-14H,5-10H2,(H,21,24)(H,22,27). The molecule has 0 bridgehead atoms. The van der Waals surface area contributed by atoms with Crippen LogP contribution in [0.5, 0.6) is 0 Å². The lowest BCUT2D eigenvalue weighted by atomic mass is 10.2. The first kappa shape index (κ1) is 19.1. The molecule has 0 unspecified atom stereocenters. The summed E-state index contributed by atoms with van der Waals surface area (Å²) in [7, 11) is 0. The molecule has 1 aliphatic rings. The van der Waals surface area contributed by atoms with Gasteiger partial charge in [0.2, 0.25) is 0 Å². The maximum absolute atomic E-state index is 12.4. The van der Waals surface area contributed by atoms with Crippen LogP contribution in [0.15, 0.2) is 48.4 Å². The van der Waals surface area contributed by atoms with Crippen molar-refractivity contribution in [3.63, 3.8) is 0 Å². The minimum atomic E-state index is -0.144. The quantitative estimate of drug-likeness (QED) is 0.646. The van der Waals surface area contributed by atoms with Gasteiger partial charge in [0.05, 0.1) is 16.8 Å². The summed E-state index contributed by atoms with van der Waals surface area (Å²) in [5, 5.41) is 4.80. The number of carbonyl (C=O) groups is 2. The van der Waals surface area contributed by atoms with Crippen molar-refractivity contribution >= 4 is 29.0 Å². The number of hydrogen-bond acceptors (Lipinski definition) is 6. The molecule has 4 rings (SSSR count). The molecule has 0 aliphatic carbocycles. The molecule has 2 N–H and O–H groups in total. The lowest BCUT2D eigenvalue weighted by Gasteiger charge is -2.35. The van der Waals surface area contributed by atoms with Crippen molar-refractivity contribution < 1.29 is 9.59 Å². The number of imidazole rings is 1. The maximum atomic E-state index is 12.4. The third-order valence-corrected chi connectivity index (χ3v) is 5.73. The zero-order valence-electron chi connectivity index (χ0n) is 15.9. The predicted octanol–water partition coefficient (Wildman–Crippen LogP) is 1.80. The van der Waals surface area contributed by atoms with E-state index < -0.39 is 0 Å². The van der Waals surface area contributed by atoms with Gasteiger partial charge >= 0.3 is 0 Å². The van der Waals surface area contributed by atoms with Gasteiger partial charge in [0.1, 0.15) is 5.82 Å². The van der Waals surface area contributed by atoms with Gasteiger partial charge in [0.15, 0.2) is 0 Å². The van der Waals surface area contributed by atoms with Gasteiger partial charge in [0, 0.05) is 57.2 Å². The monoisotopic (exact) mass is 410 g/mol. The summed E-state index contributed by atoms with van der Waals surface area (Å²) in [5.74, 6) is 0.770. The summed E-state index contributed by atoms with van der Waals surface area (Å²) in [6.45, 7) is 3.30. The van der Waals surface area contributed by atoms with Crippen molar-refractivity contribution in [1.29, 1.82) is 0 Å². The summed E-state index contributed by atoms with van der Waals surface area (Å²) in [4.78, 5) is 40.9. The lowest BCUT2D eigenvalue weighted by molar-refractivity contribution is 0.0751. The van der Waals surface area contributed by atoms with E-state index in [0.29, 0.717) is 31.6 Å². The van der Waals surface area contributed by atoms with Crippen LogP contribution >= 0.6 is 11.3 Å². The number of aromatic amines is 1. The van der Waals surface area contributed by atoms with Crippen LogP contribution in [0.3, 0.4) is 0 Å². The smallest absolute Gasteiger partial charge is 0.264 e. The fraction of sp³-hybridized carbons (Fsp3) is 0.300. The minimum absolute atomic E-state index is 0.0924. The number of pyridine rings is 1. The van der Waals surface area contributed by atoms with E-state index in [4.69, 9.17) is 0 Å². The van der Waals surface area contributed by atoms with Crippen LogP contribution < -0.4 is 10.2 Å². The minimum Gasteiger partial charge on any atom is -0.353 e. The van der Waals surface area contributed by atoms with Crippen LogP contribution in [0.4, 0.5) is 5.82 Å². The average Bonchev–Trinajstić information content (AvgIpc) is 3.48. The van der Waals surface area contributed by atoms with Crippen molar-refractivity contribution in [2.24, 2.45) is 0 Å². The molecule has 2 amide bonds. The fourth-order valence-corrected chi connectivity index (χ4v) is 3.93. The summed E-state index contributed by atoms with van der Waals surface area (Å²) < 4.78 is 0. The highest BCUT2D eigenvalue weighted by atomic mass is 32.1. The number of rotatable bonds is 6. The first-order chi connectivity index (χ1) is 14.2. The number of amides is 2. The largest absolute Gasteiger partial charge is 0.353 e. The number of piperazine rings is 1. The Morgan fingerprint density at radius 2 is 2.00 bits per heavy atom. The lowest BCUT2D eigenvalue weighted by Crippen LogP contribution is -2.48. The van der Waals surface area contributed by atoms with E-state index in [2.05, 4.69) is 25.2 Å². The van der Waals surface area contributed by atoms with Gasteiger partial charge in [-0.3, -0.25) is 9.59 Å². The van der Waals surface area contributed by atoms with Crippen LogP contribution in [0.1, 0.15) is 25.7 Å². The molecule has 3 aromatic heterocycles. The number of nitrogens with one attached hydrogen (secondary N) is 2. The summed E-state index contributed by atoms with van der Waals surface area (Å²) in [6, 6.07) is 7.41. The number of aromatic nitrogens is 3. The summed E-state index contributed by atoms with van der Waals surface area (Å²) in [6.07, 6.45) is 5.67. The molecule has 4 heterocycles. The Kier molecular flexibility index (Phi) is 5.85. The molecule has 1 saturated heterocycles. The van der Waals surface area contributed by atoms with Gasteiger partial charge in [-0.15, -0.1) is 11.3 Å². The van der Waals surface area contributed by atoms with Crippen LogP contribution in [-0.2, 0) is 6.42 Å². The Morgan fingerprint density at radius 1 is 1.14 bits per heavy atom. The number of H-pyrrole nitrogens is 1. The molecule has 9 heteroatoms. The molecule has 0 saturated carbocycles. The number of thiophene rings is 1. The van der Waals surface area contributed by atoms with E-state index in [1.807, 2.05) is 28.5 Å². The van der Waals surface area contributed by atoms with Crippen LogP contribution in [0.25, 0.3) is 0 Å². The molecular formula is C20H22N6O2S. The highest BCUT2D eigenvalue weighted by Crippen LogP contribution is 2.17. The van der Waals surface area contributed by atoms with Crippen LogP contribution in [0, 0.1) is 0 Å². The number of anilines is 1. The van der Waals surface area contributed by atoms with Crippen molar-refractivity contribution in [3.8, 4) is 0 Å². The van der Waals surface area contributed by atoms with E-state index in [1.54, 1.807) is 24.8 Å². The molecule has 0 aromatic carbocycles. The Bertz CT molecular complexity index is 932. The molecule has 0 spiro atoms. The van der Waals surface area contributed by atoms with Crippen molar-refractivity contribution in [2.75, 3.05) is 37.6 Å². The molecule has 0 radical (unpaired) electrons. The van der Waals surface area contributed by atoms with Crippen LogP contribution in [-0.4, -0.2) is 64.4 Å². The summed E-state index contributed by atoms with van der Waals surface area (Å²) >= 11 is 1.47. The van der Waals surface area contributed by atoms with Gasteiger partial charge in [-0.05, 0) is 23.6 Å². The SMILES string of the molecule is O=C(NCCc1cnc[nH]1)c1ccc(N2CCN(C(=O)c3cccs3)CC2)nc1. The second kappa shape index (κ2) is 8.87. The molecule has 3 aromatic rings. The van der Waals surface area contributed by atoms with Crippen molar-refractivity contribution in [2.45, 2.75) is 6.42 Å². The Balaban J connectivity index is 1.27. The topological polar surface area (TPSA) is 94.2 Å². The Morgan fingerprint density at radius 3 is 2.66 bits per heavy atom. The van der Waals surface area contributed by atoms with Gasteiger partial charge in [-0.1, -0.05) is 6.07 Å². The molecule has 8 nitrogen and oxygen atoms in total. The first-order valence-electron chi connectivity index (χ1n) is 9.50. The molecule has 29 heavy (non-hydrogen) atoms. The zero-order valence-corrected chi connectivity index (χ0v) is 16.7. The third-order valence-electron chi connectivity index (χ3n) is 4.87. The van der Waals surface area contributed by atoms with E-state index in [0.717, 1.165) is 29.5 Å². The average molecular weight is 411 g/mol. The van der Waals surface area contributed by atoms with Crippen molar-refractivity contribution in [1.82, 2.24) is 25.2 Å². The fourth-order valence-electron chi connectivity index (χ4n) is 3.24.